The molecule has 1 aromatic heterocycles. The molecule has 1 aliphatic rings. The lowest BCUT2D eigenvalue weighted by Gasteiger charge is -2.23. The lowest BCUT2D eigenvalue weighted by molar-refractivity contribution is -0.135. The molecule has 1 aliphatic heterocycles. The summed E-state index contributed by atoms with van der Waals surface area (Å²) in [5.41, 5.74) is 1.10. The molecule has 2 aromatic rings. The summed E-state index contributed by atoms with van der Waals surface area (Å²) in [4.78, 5) is 14.4. The molecule has 7 nitrogen and oxygen atoms in total. The van der Waals surface area contributed by atoms with Gasteiger partial charge in [0.1, 0.15) is 12.4 Å². The number of tetrazole rings is 1. The highest BCUT2D eigenvalue weighted by Gasteiger charge is 2.26. The van der Waals surface area contributed by atoms with Crippen molar-refractivity contribution in [3.8, 4) is 5.75 Å². The van der Waals surface area contributed by atoms with Gasteiger partial charge in [-0.3, -0.25) is 4.79 Å². The van der Waals surface area contributed by atoms with Gasteiger partial charge in [0, 0.05) is 25.9 Å². The molecule has 1 amide bonds. The van der Waals surface area contributed by atoms with Gasteiger partial charge in [-0.1, -0.05) is 18.2 Å². The van der Waals surface area contributed by atoms with Gasteiger partial charge in [0.2, 0.25) is 5.91 Å². The van der Waals surface area contributed by atoms with Crippen molar-refractivity contribution in [2.24, 2.45) is 5.92 Å². The van der Waals surface area contributed by atoms with E-state index < -0.39 is 0 Å². The van der Waals surface area contributed by atoms with E-state index >= 15 is 0 Å². The van der Waals surface area contributed by atoms with Crippen LogP contribution in [0.5, 0.6) is 5.75 Å². The predicted octanol–water partition coefficient (Wildman–Crippen LogP) is 1.47. The first-order chi connectivity index (χ1) is 11.6. The van der Waals surface area contributed by atoms with Gasteiger partial charge in [0.15, 0.2) is 5.82 Å². The minimum atomic E-state index is 0.0111. The van der Waals surface area contributed by atoms with Crippen LogP contribution in [0.25, 0.3) is 0 Å². The lowest BCUT2D eigenvalue weighted by Crippen LogP contribution is -2.36. The Hall–Kier alpha value is -2.44. The average Bonchev–Trinajstić information content (AvgIpc) is 2.94. The number of fused-ring (bicyclic) bond motifs is 1. The fourth-order valence-electron chi connectivity index (χ4n) is 2.98. The Morgan fingerprint density at radius 1 is 1.38 bits per heavy atom. The molecule has 0 saturated carbocycles. The molecule has 1 atom stereocenters. The number of para-hydroxylation sites is 1. The van der Waals surface area contributed by atoms with E-state index in [0.29, 0.717) is 19.7 Å². The Morgan fingerprint density at radius 2 is 2.21 bits per heavy atom. The molecule has 1 aromatic carbocycles. The van der Waals surface area contributed by atoms with Crippen LogP contribution in [0.4, 0.5) is 0 Å². The quantitative estimate of drug-likeness (QED) is 0.830. The number of aromatic nitrogens is 4. The molecule has 0 bridgehead atoms. The van der Waals surface area contributed by atoms with Crippen LogP contribution in [0.2, 0.25) is 0 Å². The van der Waals surface area contributed by atoms with Crippen molar-refractivity contribution in [3.05, 3.63) is 35.7 Å². The van der Waals surface area contributed by atoms with Crippen LogP contribution in [0.15, 0.2) is 24.3 Å². The topological polar surface area (TPSA) is 73.1 Å². The molecule has 128 valence electrons. The molecule has 7 heteroatoms. The Balaban J connectivity index is 1.48. The van der Waals surface area contributed by atoms with Crippen molar-refractivity contribution >= 4 is 5.91 Å². The minimum Gasteiger partial charge on any atom is -0.491 e. The number of benzene rings is 1. The molecule has 24 heavy (non-hydrogen) atoms. The maximum Gasteiger partial charge on any atom is 0.225 e. The third-order valence-electron chi connectivity index (χ3n) is 4.52. The van der Waals surface area contributed by atoms with E-state index in [1.165, 1.54) is 0 Å². The molecular weight excluding hydrogens is 306 g/mol. The molecule has 0 aliphatic carbocycles. The van der Waals surface area contributed by atoms with Crippen LogP contribution in [0, 0.1) is 12.8 Å². The summed E-state index contributed by atoms with van der Waals surface area (Å²) in [7, 11) is 1.84. The van der Waals surface area contributed by atoms with Gasteiger partial charge in [-0.05, 0) is 41.8 Å². The SMILES string of the molecule is Cc1ccccc1OCCN(C)C(=O)C1CCc2nnnn2CC1. The van der Waals surface area contributed by atoms with Crippen molar-refractivity contribution < 1.29 is 9.53 Å². The zero-order chi connectivity index (χ0) is 16.9. The van der Waals surface area contributed by atoms with Crippen LogP contribution < -0.4 is 4.74 Å². The largest absolute Gasteiger partial charge is 0.491 e. The van der Waals surface area contributed by atoms with Crippen molar-refractivity contribution in [2.45, 2.75) is 32.7 Å². The first-order valence-electron chi connectivity index (χ1n) is 8.33. The number of rotatable bonds is 5. The third kappa shape index (κ3) is 3.72. The fourth-order valence-corrected chi connectivity index (χ4v) is 2.98. The lowest BCUT2D eigenvalue weighted by atomic mass is 9.99. The average molecular weight is 329 g/mol. The molecule has 0 N–H and O–H groups in total. The predicted molar refractivity (Wildman–Crippen MR) is 88.6 cm³/mol. The Kier molecular flexibility index (Phi) is 5.08. The normalized spacial score (nSPS) is 17.0. The second-order valence-electron chi connectivity index (χ2n) is 6.22. The molecule has 3 rings (SSSR count). The number of likely N-dealkylation sites (N-methyl/N-ethyl adjacent to an activating group) is 1. The monoisotopic (exact) mass is 329 g/mol. The summed E-state index contributed by atoms with van der Waals surface area (Å²) < 4.78 is 7.58. The molecule has 0 saturated heterocycles. The van der Waals surface area contributed by atoms with Crippen LogP contribution in [-0.2, 0) is 17.8 Å². The highest BCUT2D eigenvalue weighted by molar-refractivity contribution is 5.78. The number of carbonyl (C=O) groups is 1. The van der Waals surface area contributed by atoms with E-state index in [1.807, 2.05) is 38.2 Å². The van der Waals surface area contributed by atoms with E-state index in [9.17, 15) is 4.79 Å². The van der Waals surface area contributed by atoms with E-state index in [1.54, 1.807) is 9.58 Å². The van der Waals surface area contributed by atoms with Crippen LogP contribution >= 0.6 is 0 Å². The minimum absolute atomic E-state index is 0.0111. The van der Waals surface area contributed by atoms with Crippen molar-refractivity contribution in [2.75, 3.05) is 20.2 Å². The van der Waals surface area contributed by atoms with Gasteiger partial charge in [0.25, 0.3) is 0 Å². The summed E-state index contributed by atoms with van der Waals surface area (Å²) in [6.07, 6.45) is 2.32. The number of hydrogen-bond donors (Lipinski definition) is 0. The van der Waals surface area contributed by atoms with Gasteiger partial charge >= 0.3 is 0 Å². The molecule has 0 spiro atoms. The molecule has 1 unspecified atom stereocenters. The van der Waals surface area contributed by atoms with Crippen LogP contribution in [-0.4, -0.2) is 51.2 Å². The maximum absolute atomic E-state index is 12.6. The maximum atomic E-state index is 12.6. The summed E-state index contributed by atoms with van der Waals surface area (Å²) in [5, 5.41) is 11.6. The number of hydrogen-bond acceptors (Lipinski definition) is 5. The van der Waals surface area contributed by atoms with Gasteiger partial charge in [-0.2, -0.15) is 0 Å². The smallest absolute Gasteiger partial charge is 0.225 e. The Bertz CT molecular complexity index is 677. The number of ether oxygens (including phenoxy) is 1. The second kappa shape index (κ2) is 7.42. The third-order valence-corrected chi connectivity index (χ3v) is 4.52. The zero-order valence-corrected chi connectivity index (χ0v) is 14.2. The van der Waals surface area contributed by atoms with Gasteiger partial charge < -0.3 is 9.64 Å². The second-order valence-corrected chi connectivity index (χ2v) is 6.22. The fraction of sp³-hybridized carbons (Fsp3) is 0.529. The highest BCUT2D eigenvalue weighted by Crippen LogP contribution is 2.20. The van der Waals surface area contributed by atoms with Gasteiger partial charge in [-0.15, -0.1) is 5.10 Å². The van der Waals surface area contributed by atoms with E-state index in [4.69, 9.17) is 4.74 Å². The standard InChI is InChI=1S/C17H23N5O2/c1-13-5-3-4-6-15(13)24-12-11-21(2)17(23)14-7-8-16-18-19-20-22(16)10-9-14/h3-6,14H,7-12H2,1-2H3. The Labute approximate surface area is 141 Å². The van der Waals surface area contributed by atoms with E-state index in [0.717, 1.165) is 36.4 Å². The first kappa shape index (κ1) is 16.4. The van der Waals surface area contributed by atoms with Crippen LogP contribution in [0.1, 0.15) is 24.2 Å². The summed E-state index contributed by atoms with van der Waals surface area (Å²) in [5.74, 6) is 1.92. The number of carbonyl (C=O) groups excluding carboxylic acids is 1. The number of amides is 1. The molecular formula is C17H23N5O2. The zero-order valence-electron chi connectivity index (χ0n) is 14.2. The highest BCUT2D eigenvalue weighted by atomic mass is 16.5. The molecule has 2 heterocycles. The summed E-state index contributed by atoms with van der Waals surface area (Å²) in [6.45, 7) is 3.79. The first-order valence-corrected chi connectivity index (χ1v) is 8.33. The molecule has 0 fully saturated rings. The van der Waals surface area contributed by atoms with E-state index in [2.05, 4.69) is 15.5 Å². The van der Waals surface area contributed by atoms with Crippen molar-refractivity contribution in [1.82, 2.24) is 25.1 Å². The van der Waals surface area contributed by atoms with E-state index in [-0.39, 0.29) is 11.8 Å². The Morgan fingerprint density at radius 3 is 3.04 bits per heavy atom. The number of aryl methyl sites for hydroxylation is 3. The van der Waals surface area contributed by atoms with Crippen molar-refractivity contribution in [1.29, 1.82) is 0 Å². The summed E-state index contributed by atoms with van der Waals surface area (Å²) in [6, 6.07) is 7.90. The van der Waals surface area contributed by atoms with Gasteiger partial charge in [-0.25, -0.2) is 4.68 Å². The van der Waals surface area contributed by atoms with Gasteiger partial charge in [0.05, 0.1) is 6.54 Å². The van der Waals surface area contributed by atoms with Crippen molar-refractivity contribution in [3.63, 3.8) is 0 Å². The molecule has 0 radical (unpaired) electrons. The number of nitrogens with zero attached hydrogens (tertiary/aromatic N) is 5. The summed E-state index contributed by atoms with van der Waals surface area (Å²) >= 11 is 0. The van der Waals surface area contributed by atoms with Crippen LogP contribution in [0.3, 0.4) is 0 Å².